The maximum Gasteiger partial charge on any atom is 0.186 e. The molecule has 0 spiro atoms. The third-order valence-corrected chi connectivity index (χ3v) is 6.40. The Kier molecular flexibility index (Phi) is 7.57. The maximum absolute atomic E-state index is 7.00. The Balaban J connectivity index is 0.00000126. The van der Waals surface area contributed by atoms with Gasteiger partial charge in [0.25, 0.3) is 0 Å². The molecule has 2 aromatic heterocycles. The number of aliphatic hydroxyl groups is 1. The molecule has 2 saturated heterocycles. The van der Waals surface area contributed by atoms with E-state index in [1.807, 2.05) is 24.3 Å². The number of ether oxygens (including phenoxy) is 4. The van der Waals surface area contributed by atoms with E-state index in [0.717, 1.165) is 29.9 Å². The SMILES string of the molecule is CO.COc1ccc(C2OC3C(CSCCN)OC(n4nnc5c(N)ncnc54)C3O2)cc1. The Hall–Kier alpha value is -2.55. The van der Waals surface area contributed by atoms with E-state index in [0.29, 0.717) is 17.7 Å². The Labute approximate surface area is 194 Å². The standard InChI is InChI=1S/C19H23N7O4S.CH4O/c1-27-11-4-2-10(3-5-11)19-29-14-12(8-31-7-6-20)28-18(15(14)30-19)26-17-13(24-25-26)16(21)22-9-23-17;1-2/h2-5,9,12,14-15,18-19H,6-8,20H2,1H3,(H2,21,22,23);2H,1H3. The summed E-state index contributed by atoms with van der Waals surface area (Å²) in [4.78, 5) is 8.27. The van der Waals surface area contributed by atoms with Crippen LogP contribution in [0.3, 0.4) is 0 Å². The topological polar surface area (TPSA) is 166 Å². The van der Waals surface area contributed by atoms with Crippen molar-refractivity contribution in [2.45, 2.75) is 30.8 Å². The second-order valence-electron chi connectivity index (χ2n) is 7.20. The number of hydrogen-bond donors (Lipinski definition) is 3. The molecular weight excluding hydrogens is 450 g/mol. The Morgan fingerprint density at radius 3 is 2.61 bits per heavy atom. The van der Waals surface area contributed by atoms with Crippen LogP contribution in [0, 0.1) is 0 Å². The number of hydrogen-bond acceptors (Lipinski definition) is 12. The van der Waals surface area contributed by atoms with Gasteiger partial charge in [-0.3, -0.25) is 0 Å². The van der Waals surface area contributed by atoms with E-state index >= 15 is 0 Å². The van der Waals surface area contributed by atoms with Crippen molar-refractivity contribution in [1.82, 2.24) is 25.0 Å². The summed E-state index contributed by atoms with van der Waals surface area (Å²) in [5, 5.41) is 15.4. The van der Waals surface area contributed by atoms with Crippen LogP contribution in [0.15, 0.2) is 30.6 Å². The quantitative estimate of drug-likeness (QED) is 0.404. The normalized spacial score (nSPS) is 26.1. The zero-order chi connectivity index (χ0) is 23.4. The molecule has 5 atom stereocenters. The van der Waals surface area contributed by atoms with Gasteiger partial charge >= 0.3 is 0 Å². The number of benzene rings is 1. The highest BCUT2D eigenvalue weighted by Gasteiger charge is 2.54. The molecule has 5 rings (SSSR count). The second kappa shape index (κ2) is 10.6. The van der Waals surface area contributed by atoms with Gasteiger partial charge in [-0.2, -0.15) is 16.4 Å². The Morgan fingerprint density at radius 2 is 1.88 bits per heavy atom. The summed E-state index contributed by atoms with van der Waals surface area (Å²) in [5.41, 5.74) is 13.4. The van der Waals surface area contributed by atoms with Crippen LogP contribution in [-0.4, -0.2) is 80.7 Å². The van der Waals surface area contributed by atoms with Crippen molar-refractivity contribution in [2.75, 3.05) is 38.0 Å². The summed E-state index contributed by atoms with van der Waals surface area (Å²) in [6.07, 6.45) is -0.574. The van der Waals surface area contributed by atoms with Crippen LogP contribution < -0.4 is 16.2 Å². The lowest BCUT2D eigenvalue weighted by molar-refractivity contribution is -0.145. The Morgan fingerprint density at radius 1 is 1.12 bits per heavy atom. The molecule has 12 nitrogen and oxygen atoms in total. The van der Waals surface area contributed by atoms with E-state index in [9.17, 15) is 0 Å². The van der Waals surface area contributed by atoms with Crippen molar-refractivity contribution < 1.29 is 24.1 Å². The molecule has 2 aliphatic heterocycles. The van der Waals surface area contributed by atoms with E-state index in [-0.39, 0.29) is 18.0 Å². The number of thioether (sulfide) groups is 1. The molecule has 0 amide bonds. The molecule has 13 heteroatoms. The van der Waals surface area contributed by atoms with Crippen molar-refractivity contribution in [3.8, 4) is 5.75 Å². The molecule has 3 aromatic rings. The lowest BCUT2D eigenvalue weighted by atomic mass is 10.1. The van der Waals surface area contributed by atoms with Crippen LogP contribution in [-0.2, 0) is 14.2 Å². The lowest BCUT2D eigenvalue weighted by Crippen LogP contribution is -2.30. The highest BCUT2D eigenvalue weighted by molar-refractivity contribution is 7.99. The second-order valence-corrected chi connectivity index (χ2v) is 8.35. The van der Waals surface area contributed by atoms with Crippen LogP contribution in [0.5, 0.6) is 5.75 Å². The predicted molar refractivity (Wildman–Crippen MR) is 121 cm³/mol. The smallest absolute Gasteiger partial charge is 0.186 e. The Bertz CT molecular complexity index is 1050. The monoisotopic (exact) mass is 477 g/mol. The van der Waals surface area contributed by atoms with Gasteiger partial charge in [0.2, 0.25) is 0 Å². The molecule has 0 aliphatic carbocycles. The number of rotatable bonds is 7. The molecule has 178 valence electrons. The average molecular weight is 478 g/mol. The predicted octanol–water partition coefficient (Wildman–Crippen LogP) is 0.493. The fraction of sp³-hybridized carbons (Fsp3) is 0.500. The zero-order valence-corrected chi connectivity index (χ0v) is 19.1. The van der Waals surface area contributed by atoms with Crippen LogP contribution in [0.1, 0.15) is 18.1 Å². The number of nitrogens with zero attached hydrogens (tertiary/aromatic N) is 5. The third kappa shape index (κ3) is 4.60. The number of aromatic nitrogens is 5. The van der Waals surface area contributed by atoms with Crippen molar-refractivity contribution >= 4 is 28.7 Å². The van der Waals surface area contributed by atoms with E-state index in [1.54, 1.807) is 23.6 Å². The summed E-state index contributed by atoms with van der Waals surface area (Å²) in [5.74, 6) is 2.59. The van der Waals surface area contributed by atoms with Gasteiger partial charge in [-0.15, -0.1) is 5.10 Å². The summed E-state index contributed by atoms with van der Waals surface area (Å²) in [6, 6.07) is 7.61. The van der Waals surface area contributed by atoms with Crippen molar-refractivity contribution in [3.05, 3.63) is 36.2 Å². The van der Waals surface area contributed by atoms with Crippen LogP contribution >= 0.6 is 11.8 Å². The molecule has 0 saturated carbocycles. The number of fused-ring (bicyclic) bond motifs is 2. The molecule has 33 heavy (non-hydrogen) atoms. The molecule has 5 N–H and O–H groups in total. The van der Waals surface area contributed by atoms with Gasteiger partial charge in [-0.25, -0.2) is 9.97 Å². The first kappa shape index (κ1) is 23.6. The highest BCUT2D eigenvalue weighted by Crippen LogP contribution is 2.45. The first-order valence-electron chi connectivity index (χ1n) is 10.3. The molecule has 0 bridgehead atoms. The van der Waals surface area contributed by atoms with Crippen LogP contribution in [0.25, 0.3) is 11.2 Å². The molecule has 1 aromatic carbocycles. The number of nitrogen functional groups attached to an aromatic ring is 1. The summed E-state index contributed by atoms with van der Waals surface area (Å²) in [6.45, 7) is 0.602. The lowest BCUT2D eigenvalue weighted by Gasteiger charge is -2.20. The average Bonchev–Trinajstić information content (AvgIpc) is 3.56. The van der Waals surface area contributed by atoms with Gasteiger partial charge in [-0.1, -0.05) is 17.3 Å². The fourth-order valence-electron chi connectivity index (χ4n) is 3.82. The summed E-state index contributed by atoms with van der Waals surface area (Å²) in [7, 11) is 2.63. The van der Waals surface area contributed by atoms with E-state index in [2.05, 4.69) is 20.3 Å². The van der Waals surface area contributed by atoms with Crippen molar-refractivity contribution in [1.29, 1.82) is 0 Å². The van der Waals surface area contributed by atoms with Gasteiger partial charge in [0.15, 0.2) is 29.5 Å². The minimum Gasteiger partial charge on any atom is -0.497 e. The third-order valence-electron chi connectivity index (χ3n) is 5.31. The van der Waals surface area contributed by atoms with Crippen LogP contribution in [0.4, 0.5) is 5.82 Å². The van der Waals surface area contributed by atoms with Gasteiger partial charge < -0.3 is 35.5 Å². The van der Waals surface area contributed by atoms with Crippen LogP contribution in [0.2, 0.25) is 0 Å². The van der Waals surface area contributed by atoms with Gasteiger partial charge in [0.1, 0.15) is 24.3 Å². The van der Waals surface area contributed by atoms with Gasteiger partial charge in [-0.05, 0) is 12.1 Å². The number of nitrogens with two attached hydrogens (primary N) is 2. The zero-order valence-electron chi connectivity index (χ0n) is 18.3. The van der Waals surface area contributed by atoms with Crippen molar-refractivity contribution in [2.24, 2.45) is 5.73 Å². The number of anilines is 1. The molecule has 4 heterocycles. The molecule has 2 fully saturated rings. The van der Waals surface area contributed by atoms with Crippen molar-refractivity contribution in [3.63, 3.8) is 0 Å². The first-order chi connectivity index (χ1) is 16.2. The van der Waals surface area contributed by atoms with Gasteiger partial charge in [0.05, 0.1) is 13.2 Å². The minimum atomic E-state index is -0.559. The highest BCUT2D eigenvalue weighted by atomic mass is 32.2. The first-order valence-corrected chi connectivity index (χ1v) is 11.5. The summed E-state index contributed by atoms with van der Waals surface area (Å²) >= 11 is 1.71. The molecule has 0 radical (unpaired) electrons. The largest absolute Gasteiger partial charge is 0.497 e. The number of aliphatic hydroxyl groups excluding tert-OH is 1. The van der Waals surface area contributed by atoms with E-state index < -0.39 is 18.6 Å². The summed E-state index contributed by atoms with van der Waals surface area (Å²) < 4.78 is 25.8. The fourth-order valence-corrected chi connectivity index (χ4v) is 4.65. The maximum atomic E-state index is 7.00. The van der Waals surface area contributed by atoms with E-state index in [1.165, 1.54) is 6.33 Å². The minimum absolute atomic E-state index is 0.201. The number of methoxy groups -OCH3 is 1. The molecule has 5 unspecified atom stereocenters. The molecular formula is C20H27N7O5S. The molecule has 2 aliphatic rings. The van der Waals surface area contributed by atoms with E-state index in [4.69, 9.17) is 35.5 Å². The van der Waals surface area contributed by atoms with Gasteiger partial charge in [0, 0.05) is 30.7 Å².